The first-order chi connectivity index (χ1) is 10.2. The van der Waals surface area contributed by atoms with Gasteiger partial charge in [-0.1, -0.05) is 30.9 Å². The summed E-state index contributed by atoms with van der Waals surface area (Å²) in [5.41, 5.74) is 1.93. The van der Waals surface area contributed by atoms with Crippen molar-refractivity contribution in [3.63, 3.8) is 0 Å². The second kappa shape index (κ2) is 6.02. The highest BCUT2D eigenvalue weighted by atomic mass is 16.5. The van der Waals surface area contributed by atoms with Crippen LogP contribution in [0.3, 0.4) is 0 Å². The minimum Gasteiger partial charge on any atom is -0.453 e. The summed E-state index contributed by atoms with van der Waals surface area (Å²) >= 11 is 0. The molecule has 0 saturated heterocycles. The molecule has 1 aliphatic rings. The number of carbonyl (C=O) groups is 1. The number of methoxy groups -OCH3 is 1. The molecule has 0 aliphatic heterocycles. The molecule has 1 aliphatic carbocycles. The van der Waals surface area contributed by atoms with Crippen molar-refractivity contribution in [3.05, 3.63) is 35.6 Å². The summed E-state index contributed by atoms with van der Waals surface area (Å²) in [4.78, 5) is 12.7. The molecule has 1 saturated carbocycles. The zero-order valence-corrected chi connectivity index (χ0v) is 12.7. The smallest absolute Gasteiger partial charge is 0.226 e. The van der Waals surface area contributed by atoms with Gasteiger partial charge in [-0.05, 0) is 43.9 Å². The zero-order chi connectivity index (χ0) is 14.8. The second-order valence-electron chi connectivity index (χ2n) is 6.07. The van der Waals surface area contributed by atoms with E-state index in [2.05, 4.69) is 0 Å². The Balaban J connectivity index is 1.86. The molecule has 0 bridgehead atoms. The summed E-state index contributed by atoms with van der Waals surface area (Å²) in [6.45, 7) is 2.04. The summed E-state index contributed by atoms with van der Waals surface area (Å²) < 4.78 is 11.2. The third kappa shape index (κ3) is 2.88. The predicted octanol–water partition coefficient (Wildman–Crippen LogP) is 4.52. The number of fused-ring (bicyclic) bond motifs is 1. The number of hydrogen-bond acceptors (Lipinski definition) is 3. The summed E-state index contributed by atoms with van der Waals surface area (Å²) in [5, 5.41) is 0.983. The molecule has 1 atom stereocenters. The van der Waals surface area contributed by atoms with E-state index < -0.39 is 0 Å². The lowest BCUT2D eigenvalue weighted by atomic mass is 9.83. The third-order valence-corrected chi connectivity index (χ3v) is 4.50. The number of benzene rings is 1. The minimum atomic E-state index is -0.369. The van der Waals surface area contributed by atoms with E-state index >= 15 is 0 Å². The van der Waals surface area contributed by atoms with Crippen LogP contribution in [0.15, 0.2) is 28.7 Å². The van der Waals surface area contributed by atoms with E-state index in [1.165, 1.54) is 19.3 Å². The number of aryl methyl sites for hydroxylation is 1. The standard InChI is InChI=1S/C18H22O3/c1-12-8-9-15-14(10-12)11-16(21-15)17(19)18(20-2)13-6-4-3-5-7-13/h8-11,13,18H,3-7H2,1-2H3. The zero-order valence-electron chi connectivity index (χ0n) is 12.7. The van der Waals surface area contributed by atoms with Crippen LogP contribution >= 0.6 is 0 Å². The molecular formula is C18H22O3. The molecule has 0 amide bonds. The van der Waals surface area contributed by atoms with Gasteiger partial charge in [0.15, 0.2) is 5.76 Å². The Morgan fingerprint density at radius 1 is 1.24 bits per heavy atom. The average Bonchev–Trinajstić information content (AvgIpc) is 2.92. The fourth-order valence-electron chi connectivity index (χ4n) is 3.37. The number of ketones is 1. The highest BCUT2D eigenvalue weighted by molar-refractivity contribution is 6.00. The van der Waals surface area contributed by atoms with Gasteiger partial charge in [-0.2, -0.15) is 0 Å². The van der Waals surface area contributed by atoms with Gasteiger partial charge in [0, 0.05) is 12.5 Å². The highest BCUT2D eigenvalue weighted by Gasteiger charge is 2.31. The number of ether oxygens (including phenoxy) is 1. The lowest BCUT2D eigenvalue weighted by Crippen LogP contribution is -2.32. The molecule has 1 unspecified atom stereocenters. The van der Waals surface area contributed by atoms with Crippen molar-refractivity contribution in [1.29, 1.82) is 0 Å². The van der Waals surface area contributed by atoms with E-state index in [0.29, 0.717) is 11.7 Å². The molecule has 1 heterocycles. The Morgan fingerprint density at radius 3 is 2.71 bits per heavy atom. The Morgan fingerprint density at radius 2 is 2.00 bits per heavy atom. The van der Waals surface area contributed by atoms with Gasteiger partial charge in [-0.3, -0.25) is 4.79 Å². The number of carbonyl (C=O) groups excluding carboxylic acids is 1. The lowest BCUT2D eigenvalue weighted by Gasteiger charge is -2.27. The van der Waals surface area contributed by atoms with Gasteiger partial charge in [0.05, 0.1) is 0 Å². The van der Waals surface area contributed by atoms with Crippen LogP contribution in [-0.2, 0) is 4.74 Å². The fraction of sp³-hybridized carbons (Fsp3) is 0.500. The molecule has 1 aromatic carbocycles. The van der Waals surface area contributed by atoms with Gasteiger partial charge >= 0.3 is 0 Å². The van der Waals surface area contributed by atoms with Gasteiger partial charge in [-0.15, -0.1) is 0 Å². The van der Waals surface area contributed by atoms with Crippen molar-refractivity contribution in [2.24, 2.45) is 5.92 Å². The van der Waals surface area contributed by atoms with Crippen LogP contribution < -0.4 is 0 Å². The number of Topliss-reactive ketones (excluding diaryl/α,β-unsaturated/α-hetero) is 1. The maximum atomic E-state index is 12.7. The van der Waals surface area contributed by atoms with Crippen LogP contribution in [0, 0.1) is 12.8 Å². The maximum absolute atomic E-state index is 12.7. The molecule has 0 spiro atoms. The maximum Gasteiger partial charge on any atom is 0.226 e. The van der Waals surface area contributed by atoms with Gasteiger partial charge in [0.2, 0.25) is 5.78 Å². The largest absolute Gasteiger partial charge is 0.453 e. The SMILES string of the molecule is COC(C(=O)c1cc2cc(C)ccc2o1)C1CCCCC1. The summed E-state index contributed by atoms with van der Waals surface area (Å²) in [7, 11) is 1.63. The van der Waals surface area contributed by atoms with Crippen LogP contribution in [0.2, 0.25) is 0 Å². The number of furan rings is 1. The van der Waals surface area contributed by atoms with Crippen molar-refractivity contribution in [2.75, 3.05) is 7.11 Å². The van der Waals surface area contributed by atoms with Crippen molar-refractivity contribution >= 4 is 16.8 Å². The van der Waals surface area contributed by atoms with Crippen molar-refractivity contribution in [2.45, 2.75) is 45.1 Å². The van der Waals surface area contributed by atoms with E-state index in [1.54, 1.807) is 7.11 Å². The van der Waals surface area contributed by atoms with Crippen LogP contribution in [0.4, 0.5) is 0 Å². The van der Waals surface area contributed by atoms with E-state index in [1.807, 2.05) is 31.2 Å². The van der Waals surface area contributed by atoms with Gasteiger partial charge in [0.1, 0.15) is 11.7 Å². The normalized spacial score (nSPS) is 18.0. The summed E-state index contributed by atoms with van der Waals surface area (Å²) in [5.74, 6) is 0.734. The molecular weight excluding hydrogens is 264 g/mol. The Hall–Kier alpha value is -1.61. The molecule has 3 heteroatoms. The van der Waals surface area contributed by atoms with Crippen LogP contribution in [0.1, 0.15) is 48.2 Å². The van der Waals surface area contributed by atoms with E-state index in [9.17, 15) is 4.79 Å². The van der Waals surface area contributed by atoms with Gasteiger partial charge in [0.25, 0.3) is 0 Å². The molecule has 0 radical (unpaired) electrons. The van der Waals surface area contributed by atoms with E-state index in [4.69, 9.17) is 9.15 Å². The Labute approximate surface area is 125 Å². The summed E-state index contributed by atoms with van der Waals surface area (Å²) in [6.07, 6.45) is 5.43. The first-order valence-corrected chi connectivity index (χ1v) is 7.76. The highest BCUT2D eigenvalue weighted by Crippen LogP contribution is 2.30. The van der Waals surface area contributed by atoms with Crippen molar-refractivity contribution in [1.82, 2.24) is 0 Å². The molecule has 3 rings (SSSR count). The molecule has 0 N–H and O–H groups in total. The predicted molar refractivity (Wildman–Crippen MR) is 82.7 cm³/mol. The van der Waals surface area contributed by atoms with Gasteiger partial charge < -0.3 is 9.15 Å². The number of rotatable bonds is 4. The van der Waals surface area contributed by atoms with Crippen molar-refractivity contribution < 1.29 is 13.9 Å². The second-order valence-corrected chi connectivity index (χ2v) is 6.07. The Kier molecular flexibility index (Phi) is 4.11. The molecule has 2 aromatic rings. The van der Waals surface area contributed by atoms with E-state index in [-0.39, 0.29) is 11.9 Å². The summed E-state index contributed by atoms with van der Waals surface area (Å²) in [6, 6.07) is 7.80. The molecule has 3 nitrogen and oxygen atoms in total. The van der Waals surface area contributed by atoms with Crippen LogP contribution in [0.5, 0.6) is 0 Å². The lowest BCUT2D eigenvalue weighted by molar-refractivity contribution is 0.0293. The first-order valence-electron chi connectivity index (χ1n) is 7.76. The molecule has 1 fully saturated rings. The van der Waals surface area contributed by atoms with E-state index in [0.717, 1.165) is 29.4 Å². The third-order valence-electron chi connectivity index (χ3n) is 4.50. The minimum absolute atomic E-state index is 0.0155. The van der Waals surface area contributed by atoms with Crippen LogP contribution in [-0.4, -0.2) is 19.0 Å². The number of hydrogen-bond donors (Lipinski definition) is 0. The quantitative estimate of drug-likeness (QED) is 0.776. The molecule has 112 valence electrons. The Bertz CT molecular complexity index is 635. The monoisotopic (exact) mass is 286 g/mol. The van der Waals surface area contributed by atoms with Crippen LogP contribution in [0.25, 0.3) is 11.0 Å². The molecule has 21 heavy (non-hydrogen) atoms. The molecule has 1 aromatic heterocycles. The topological polar surface area (TPSA) is 39.4 Å². The fourth-order valence-corrected chi connectivity index (χ4v) is 3.37. The average molecular weight is 286 g/mol. The first kappa shape index (κ1) is 14.3. The van der Waals surface area contributed by atoms with Crippen molar-refractivity contribution in [3.8, 4) is 0 Å². The van der Waals surface area contributed by atoms with Gasteiger partial charge in [-0.25, -0.2) is 0 Å².